The number of hydrogen-bond acceptors (Lipinski definition) is 3. The van der Waals surface area contributed by atoms with E-state index in [-0.39, 0.29) is 42.1 Å². The SMILES string of the molecule is Cc1n(C(C)c2ccccc2)c2c([n+]1CCOC(F)F)C(=O)c1ccccc1C2=O. The highest BCUT2D eigenvalue weighted by Gasteiger charge is 2.44. The van der Waals surface area contributed by atoms with Gasteiger partial charge < -0.3 is 4.74 Å². The predicted octanol–water partition coefficient (Wildman–Crippen LogP) is 3.71. The number of rotatable bonds is 6. The van der Waals surface area contributed by atoms with E-state index in [1.807, 2.05) is 41.8 Å². The van der Waals surface area contributed by atoms with Crippen molar-refractivity contribution in [2.24, 2.45) is 0 Å². The first-order valence-corrected chi connectivity index (χ1v) is 9.69. The van der Waals surface area contributed by atoms with E-state index < -0.39 is 6.61 Å². The summed E-state index contributed by atoms with van der Waals surface area (Å²) in [6.07, 6.45) is 0. The molecule has 30 heavy (non-hydrogen) atoms. The van der Waals surface area contributed by atoms with Gasteiger partial charge >= 0.3 is 6.61 Å². The summed E-state index contributed by atoms with van der Waals surface area (Å²) in [4.78, 5) is 26.7. The Morgan fingerprint density at radius 3 is 2.20 bits per heavy atom. The zero-order valence-electron chi connectivity index (χ0n) is 16.6. The van der Waals surface area contributed by atoms with Crippen LogP contribution in [0.25, 0.3) is 0 Å². The molecule has 0 radical (unpaired) electrons. The molecule has 7 heteroatoms. The van der Waals surface area contributed by atoms with Gasteiger partial charge in [-0.1, -0.05) is 54.6 Å². The van der Waals surface area contributed by atoms with Gasteiger partial charge in [-0.3, -0.25) is 9.59 Å². The van der Waals surface area contributed by atoms with Crippen molar-refractivity contribution in [3.8, 4) is 0 Å². The van der Waals surface area contributed by atoms with Crippen LogP contribution in [0.2, 0.25) is 0 Å². The van der Waals surface area contributed by atoms with Crippen molar-refractivity contribution in [2.45, 2.75) is 33.0 Å². The summed E-state index contributed by atoms with van der Waals surface area (Å²) in [6.45, 7) is 0.591. The van der Waals surface area contributed by atoms with Crippen molar-refractivity contribution in [1.82, 2.24) is 4.57 Å². The number of ether oxygens (including phenoxy) is 1. The average molecular weight is 411 g/mol. The van der Waals surface area contributed by atoms with Crippen LogP contribution < -0.4 is 4.57 Å². The molecule has 1 aromatic heterocycles. The number of hydrogen-bond donors (Lipinski definition) is 0. The third kappa shape index (κ3) is 3.25. The van der Waals surface area contributed by atoms with Crippen LogP contribution in [0.4, 0.5) is 8.78 Å². The molecule has 1 unspecified atom stereocenters. The van der Waals surface area contributed by atoms with Gasteiger partial charge in [-0.15, -0.1) is 0 Å². The monoisotopic (exact) mass is 411 g/mol. The molecule has 2 aromatic carbocycles. The maximum Gasteiger partial charge on any atom is 0.345 e. The Labute approximate surface area is 172 Å². The van der Waals surface area contributed by atoms with E-state index in [9.17, 15) is 18.4 Å². The first-order chi connectivity index (χ1) is 14.4. The maximum atomic E-state index is 13.4. The van der Waals surface area contributed by atoms with Crippen LogP contribution in [0.15, 0.2) is 54.6 Å². The van der Waals surface area contributed by atoms with E-state index in [0.717, 1.165) is 5.56 Å². The Morgan fingerprint density at radius 1 is 0.967 bits per heavy atom. The summed E-state index contributed by atoms with van der Waals surface area (Å²) >= 11 is 0. The number of imidazole rings is 1. The van der Waals surface area contributed by atoms with Crippen molar-refractivity contribution in [3.63, 3.8) is 0 Å². The van der Waals surface area contributed by atoms with Crippen molar-refractivity contribution in [2.75, 3.05) is 6.61 Å². The Bertz CT molecular complexity index is 1120. The van der Waals surface area contributed by atoms with E-state index in [0.29, 0.717) is 17.0 Å². The minimum absolute atomic E-state index is 0.0359. The van der Waals surface area contributed by atoms with Gasteiger partial charge in [0.25, 0.3) is 5.82 Å². The molecule has 154 valence electrons. The van der Waals surface area contributed by atoms with Crippen molar-refractivity contribution in [1.29, 1.82) is 0 Å². The molecule has 0 bridgehead atoms. The van der Waals surface area contributed by atoms with Crippen molar-refractivity contribution < 1.29 is 27.7 Å². The molecule has 4 rings (SSSR count). The number of alkyl halides is 2. The normalized spacial score (nSPS) is 14.0. The zero-order valence-corrected chi connectivity index (χ0v) is 16.6. The molecule has 1 heterocycles. The first kappa shape index (κ1) is 20.1. The predicted molar refractivity (Wildman–Crippen MR) is 105 cm³/mol. The minimum Gasteiger partial charge on any atom is -0.319 e. The van der Waals surface area contributed by atoms with Gasteiger partial charge in [0.1, 0.15) is 12.6 Å². The van der Waals surface area contributed by atoms with Crippen LogP contribution in [0, 0.1) is 6.92 Å². The second-order valence-electron chi connectivity index (χ2n) is 7.19. The molecule has 3 aromatic rings. The second kappa shape index (κ2) is 7.91. The van der Waals surface area contributed by atoms with Gasteiger partial charge in [-0.2, -0.15) is 8.78 Å². The fraction of sp³-hybridized carbons (Fsp3) is 0.261. The van der Waals surface area contributed by atoms with Crippen LogP contribution >= 0.6 is 0 Å². The highest BCUT2D eigenvalue weighted by atomic mass is 19.3. The molecule has 0 fully saturated rings. The van der Waals surface area contributed by atoms with Crippen LogP contribution in [-0.2, 0) is 11.3 Å². The van der Waals surface area contributed by atoms with Crippen LogP contribution in [0.1, 0.15) is 56.5 Å². The van der Waals surface area contributed by atoms with Crippen LogP contribution in [0.5, 0.6) is 0 Å². The van der Waals surface area contributed by atoms with Gasteiger partial charge in [0, 0.05) is 18.1 Å². The zero-order chi connectivity index (χ0) is 21.4. The molecule has 1 aliphatic carbocycles. The molecule has 1 atom stereocenters. The number of halogens is 2. The highest BCUT2D eigenvalue weighted by molar-refractivity contribution is 6.26. The van der Waals surface area contributed by atoms with E-state index in [4.69, 9.17) is 0 Å². The highest BCUT2D eigenvalue weighted by Crippen LogP contribution is 2.31. The number of fused-ring (bicyclic) bond motifs is 2. The molecule has 0 saturated heterocycles. The average Bonchev–Trinajstić information content (AvgIpc) is 3.04. The Balaban J connectivity index is 1.90. The summed E-state index contributed by atoms with van der Waals surface area (Å²) < 4.78 is 32.9. The molecule has 0 aliphatic heterocycles. The number of aromatic nitrogens is 2. The lowest BCUT2D eigenvalue weighted by atomic mass is 9.89. The van der Waals surface area contributed by atoms with Gasteiger partial charge in [-0.05, 0) is 12.5 Å². The van der Waals surface area contributed by atoms with E-state index in [1.165, 1.54) is 0 Å². The Kier molecular flexibility index (Phi) is 5.30. The molecular formula is C23H21F2N2O3+. The summed E-state index contributed by atoms with van der Waals surface area (Å²) in [6, 6.07) is 16.1. The fourth-order valence-electron chi connectivity index (χ4n) is 4.14. The van der Waals surface area contributed by atoms with E-state index in [1.54, 1.807) is 35.8 Å². The summed E-state index contributed by atoms with van der Waals surface area (Å²) in [5, 5.41) is 0. The molecule has 0 saturated carbocycles. The van der Waals surface area contributed by atoms with Crippen LogP contribution in [0.3, 0.4) is 0 Å². The van der Waals surface area contributed by atoms with Crippen molar-refractivity contribution in [3.05, 3.63) is 88.5 Å². The largest absolute Gasteiger partial charge is 0.345 e. The number of carbonyl (C=O) groups is 2. The molecule has 0 amide bonds. The topological polar surface area (TPSA) is 52.2 Å². The number of carbonyl (C=O) groups excluding carboxylic acids is 2. The number of benzene rings is 2. The smallest absolute Gasteiger partial charge is 0.319 e. The lowest BCUT2D eigenvalue weighted by Gasteiger charge is -2.15. The van der Waals surface area contributed by atoms with E-state index >= 15 is 0 Å². The minimum atomic E-state index is -2.90. The summed E-state index contributed by atoms with van der Waals surface area (Å²) in [5.41, 5.74) is 2.14. The number of ketones is 2. The quantitative estimate of drug-likeness (QED) is 0.455. The van der Waals surface area contributed by atoms with Crippen molar-refractivity contribution >= 4 is 11.6 Å². The summed E-state index contributed by atoms with van der Waals surface area (Å²) in [7, 11) is 0. The Morgan fingerprint density at radius 2 is 1.57 bits per heavy atom. The molecule has 0 N–H and O–H groups in total. The van der Waals surface area contributed by atoms with Crippen LogP contribution in [-0.4, -0.2) is 29.4 Å². The number of nitrogens with zero attached hydrogens (tertiary/aromatic N) is 2. The summed E-state index contributed by atoms with van der Waals surface area (Å²) in [5.74, 6) is 0.0858. The van der Waals surface area contributed by atoms with Gasteiger partial charge in [0.2, 0.25) is 23.0 Å². The molecule has 1 aliphatic rings. The van der Waals surface area contributed by atoms with Gasteiger partial charge in [0.05, 0.1) is 6.61 Å². The van der Waals surface area contributed by atoms with Gasteiger partial charge in [-0.25, -0.2) is 9.13 Å². The maximum absolute atomic E-state index is 13.4. The fourth-order valence-corrected chi connectivity index (χ4v) is 4.14. The first-order valence-electron chi connectivity index (χ1n) is 9.69. The second-order valence-corrected chi connectivity index (χ2v) is 7.19. The molecular weight excluding hydrogens is 390 g/mol. The standard InChI is InChI=1S/C23H21F2N2O3/c1-14(16-8-4-3-5-9-16)27-15(2)26(12-13-30-23(24)25)19-20(27)22(29)18-11-7-6-10-17(18)21(19)28/h3-11,14,23H,12-13H2,1-2H3/q+1. The third-order valence-electron chi connectivity index (χ3n) is 5.55. The van der Waals surface area contributed by atoms with Gasteiger partial charge in [0.15, 0.2) is 0 Å². The lowest BCUT2D eigenvalue weighted by molar-refractivity contribution is -0.706. The molecule has 0 spiro atoms. The molecule has 5 nitrogen and oxygen atoms in total. The van der Waals surface area contributed by atoms with E-state index in [2.05, 4.69) is 4.74 Å². The third-order valence-corrected chi connectivity index (χ3v) is 5.55. The Hall–Kier alpha value is -3.19. The lowest BCUT2D eigenvalue weighted by Crippen LogP contribution is -2.45.